The highest BCUT2D eigenvalue weighted by Gasteiger charge is 2.32. The second-order valence-electron chi connectivity index (χ2n) is 7.13. The van der Waals surface area contributed by atoms with Crippen LogP contribution in [0.25, 0.3) is 21.9 Å². The topological polar surface area (TPSA) is 77.8 Å². The average molecular weight is 395 g/mol. The summed E-state index contributed by atoms with van der Waals surface area (Å²) >= 11 is 0. The number of sulfonamides is 1. The number of hydrogen-bond acceptors (Lipinski definition) is 5. The summed E-state index contributed by atoms with van der Waals surface area (Å²) in [5.74, 6) is 0.313. The van der Waals surface area contributed by atoms with Crippen LogP contribution in [0.4, 0.5) is 5.69 Å². The highest BCUT2D eigenvalue weighted by molar-refractivity contribution is 7.92. The molecule has 0 saturated carbocycles. The number of fused-ring (bicyclic) bond motifs is 4. The van der Waals surface area contributed by atoms with E-state index in [1.807, 2.05) is 24.3 Å². The molecule has 6 nitrogen and oxygen atoms in total. The Morgan fingerprint density at radius 1 is 0.821 bits per heavy atom. The molecule has 7 heteroatoms. The third kappa shape index (κ3) is 2.75. The van der Waals surface area contributed by atoms with Gasteiger partial charge in [-0.1, -0.05) is 18.2 Å². The minimum absolute atomic E-state index is 0.157. The lowest BCUT2D eigenvalue weighted by Crippen LogP contribution is -2.29. The molecule has 0 amide bonds. The molecule has 1 aliphatic heterocycles. The van der Waals surface area contributed by atoms with Crippen molar-refractivity contribution < 1.29 is 22.3 Å². The van der Waals surface area contributed by atoms with Crippen LogP contribution in [0.1, 0.15) is 13.8 Å². The highest BCUT2D eigenvalue weighted by Crippen LogP contribution is 2.41. The van der Waals surface area contributed by atoms with Gasteiger partial charge in [0, 0.05) is 30.7 Å². The number of rotatable bonds is 3. The smallest absolute Gasteiger partial charge is 0.261 e. The van der Waals surface area contributed by atoms with Crippen molar-refractivity contribution in [1.82, 2.24) is 0 Å². The molecular formula is C21H17NO5S. The van der Waals surface area contributed by atoms with Crippen molar-refractivity contribution in [2.45, 2.75) is 24.5 Å². The van der Waals surface area contributed by atoms with Crippen LogP contribution in [0, 0.1) is 0 Å². The Balaban J connectivity index is 1.52. The van der Waals surface area contributed by atoms with E-state index in [2.05, 4.69) is 4.72 Å². The molecule has 1 N–H and O–H groups in total. The number of benzene rings is 3. The van der Waals surface area contributed by atoms with Crippen LogP contribution in [0.15, 0.2) is 70.0 Å². The van der Waals surface area contributed by atoms with Gasteiger partial charge in [0.25, 0.3) is 10.0 Å². The molecule has 0 saturated heterocycles. The van der Waals surface area contributed by atoms with Crippen LogP contribution in [0.3, 0.4) is 0 Å². The fraction of sp³-hybridized carbons (Fsp3) is 0.143. The predicted octanol–water partition coefficient (Wildman–Crippen LogP) is 4.89. The molecule has 142 valence electrons. The predicted molar refractivity (Wildman–Crippen MR) is 106 cm³/mol. The van der Waals surface area contributed by atoms with Gasteiger partial charge < -0.3 is 13.9 Å². The van der Waals surface area contributed by atoms with E-state index < -0.39 is 15.8 Å². The third-order valence-electron chi connectivity index (χ3n) is 4.57. The normalized spacial score (nSPS) is 15.2. The van der Waals surface area contributed by atoms with E-state index in [0.29, 0.717) is 22.8 Å². The monoisotopic (exact) mass is 395 g/mol. The van der Waals surface area contributed by atoms with Crippen LogP contribution in [-0.2, 0) is 10.0 Å². The van der Waals surface area contributed by atoms with Gasteiger partial charge in [-0.15, -0.1) is 0 Å². The van der Waals surface area contributed by atoms with Gasteiger partial charge in [-0.3, -0.25) is 4.72 Å². The Kier molecular flexibility index (Phi) is 3.42. The Hall–Kier alpha value is -3.19. The van der Waals surface area contributed by atoms with Crippen LogP contribution in [-0.4, -0.2) is 14.2 Å². The summed E-state index contributed by atoms with van der Waals surface area (Å²) in [6.07, 6.45) is 0. The van der Waals surface area contributed by atoms with Gasteiger partial charge >= 0.3 is 0 Å². The SMILES string of the molecule is CC1(C)Oc2ccc(NS(=O)(=O)c3ccc4oc5ccccc5c4c3)cc2O1. The molecule has 0 unspecified atom stereocenters. The minimum Gasteiger partial charge on any atom is -0.456 e. The molecule has 0 spiro atoms. The lowest BCUT2D eigenvalue weighted by molar-refractivity contribution is -0.0431. The largest absolute Gasteiger partial charge is 0.456 e. The molecule has 5 rings (SSSR count). The van der Waals surface area contributed by atoms with E-state index in [9.17, 15) is 8.42 Å². The van der Waals surface area contributed by atoms with E-state index >= 15 is 0 Å². The quantitative estimate of drug-likeness (QED) is 0.534. The van der Waals surface area contributed by atoms with Crippen molar-refractivity contribution >= 4 is 37.6 Å². The Bertz CT molecular complexity index is 1340. The number of ether oxygens (including phenoxy) is 2. The van der Waals surface area contributed by atoms with E-state index in [1.165, 1.54) is 6.07 Å². The number of para-hydroxylation sites is 1. The summed E-state index contributed by atoms with van der Waals surface area (Å²) in [5, 5.41) is 1.63. The molecule has 0 radical (unpaired) electrons. The van der Waals surface area contributed by atoms with Gasteiger partial charge in [0.1, 0.15) is 11.2 Å². The van der Waals surface area contributed by atoms with Crippen LogP contribution in [0.5, 0.6) is 11.5 Å². The number of anilines is 1. The van der Waals surface area contributed by atoms with E-state index in [-0.39, 0.29) is 4.90 Å². The number of furan rings is 1. The zero-order valence-corrected chi connectivity index (χ0v) is 16.0. The summed E-state index contributed by atoms with van der Waals surface area (Å²) < 4.78 is 45.5. The van der Waals surface area contributed by atoms with Gasteiger partial charge in [0.2, 0.25) is 5.79 Å². The Labute approximate surface area is 161 Å². The molecule has 0 atom stereocenters. The summed E-state index contributed by atoms with van der Waals surface area (Å²) in [6.45, 7) is 3.59. The fourth-order valence-electron chi connectivity index (χ4n) is 3.37. The maximum Gasteiger partial charge on any atom is 0.261 e. The third-order valence-corrected chi connectivity index (χ3v) is 5.94. The van der Waals surface area contributed by atoms with Crippen molar-refractivity contribution in [2.75, 3.05) is 4.72 Å². The van der Waals surface area contributed by atoms with Gasteiger partial charge in [-0.05, 0) is 36.4 Å². The fourth-order valence-corrected chi connectivity index (χ4v) is 4.45. The van der Waals surface area contributed by atoms with Crippen LogP contribution in [0.2, 0.25) is 0 Å². The molecule has 0 aliphatic carbocycles. The van der Waals surface area contributed by atoms with Crippen LogP contribution < -0.4 is 14.2 Å². The van der Waals surface area contributed by atoms with Crippen molar-refractivity contribution in [2.24, 2.45) is 0 Å². The Morgan fingerprint density at radius 3 is 2.43 bits per heavy atom. The number of hydrogen-bond donors (Lipinski definition) is 1. The maximum absolute atomic E-state index is 12.9. The zero-order valence-electron chi connectivity index (χ0n) is 15.2. The van der Waals surface area contributed by atoms with Crippen molar-refractivity contribution in [1.29, 1.82) is 0 Å². The zero-order chi connectivity index (χ0) is 19.5. The Morgan fingerprint density at radius 2 is 1.57 bits per heavy atom. The second kappa shape index (κ2) is 5.65. The first-order chi connectivity index (χ1) is 13.3. The van der Waals surface area contributed by atoms with Gasteiger partial charge in [0.05, 0.1) is 10.6 Å². The molecule has 28 heavy (non-hydrogen) atoms. The lowest BCUT2D eigenvalue weighted by atomic mass is 10.1. The molecule has 0 fully saturated rings. The summed E-state index contributed by atoms with van der Waals surface area (Å²) in [4.78, 5) is 0.157. The van der Waals surface area contributed by atoms with Gasteiger partial charge in [-0.2, -0.15) is 0 Å². The van der Waals surface area contributed by atoms with E-state index in [4.69, 9.17) is 13.9 Å². The maximum atomic E-state index is 12.9. The summed E-state index contributed by atoms with van der Waals surface area (Å²) in [7, 11) is -3.79. The summed E-state index contributed by atoms with van der Waals surface area (Å²) in [5.41, 5.74) is 1.76. The lowest BCUT2D eigenvalue weighted by Gasteiger charge is -2.16. The standard InChI is InChI=1S/C21H17NO5S/c1-21(2)26-19-9-7-13(11-20(19)27-21)22-28(23,24)14-8-10-18-16(12-14)15-5-3-4-6-17(15)25-18/h3-12,22H,1-2H3. The van der Waals surface area contributed by atoms with Crippen molar-refractivity contribution in [3.63, 3.8) is 0 Å². The first-order valence-corrected chi connectivity index (χ1v) is 10.3. The molecule has 0 bridgehead atoms. The molecule has 3 aromatic carbocycles. The molecular weight excluding hydrogens is 378 g/mol. The van der Waals surface area contributed by atoms with Crippen molar-refractivity contribution in [3.8, 4) is 11.5 Å². The first kappa shape index (κ1) is 16.9. The molecule has 1 aromatic heterocycles. The van der Waals surface area contributed by atoms with Gasteiger partial charge in [-0.25, -0.2) is 8.42 Å². The van der Waals surface area contributed by atoms with E-state index in [1.54, 1.807) is 44.2 Å². The molecule has 4 aromatic rings. The number of nitrogens with one attached hydrogen (secondary N) is 1. The first-order valence-electron chi connectivity index (χ1n) is 8.77. The summed E-state index contributed by atoms with van der Waals surface area (Å²) in [6, 6.07) is 17.3. The molecule has 1 aliphatic rings. The molecule has 2 heterocycles. The van der Waals surface area contributed by atoms with Crippen LogP contribution >= 0.6 is 0 Å². The van der Waals surface area contributed by atoms with Gasteiger partial charge in [0.15, 0.2) is 11.5 Å². The highest BCUT2D eigenvalue weighted by atomic mass is 32.2. The van der Waals surface area contributed by atoms with Crippen molar-refractivity contribution in [3.05, 3.63) is 60.7 Å². The second-order valence-corrected chi connectivity index (χ2v) is 8.81. The average Bonchev–Trinajstić information content (AvgIpc) is 3.16. The van der Waals surface area contributed by atoms with E-state index in [0.717, 1.165) is 16.4 Å². The minimum atomic E-state index is -3.79.